The zero-order valence-corrected chi connectivity index (χ0v) is 10.7. The van der Waals surface area contributed by atoms with Crippen LogP contribution in [0.25, 0.3) is 10.8 Å². The summed E-state index contributed by atoms with van der Waals surface area (Å²) in [6.45, 7) is 3.21. The lowest BCUT2D eigenvalue weighted by Crippen LogP contribution is -2.02. The normalized spacial score (nSPS) is 11.9. The Kier molecular flexibility index (Phi) is 2.71. The smallest absolute Gasteiger partial charge is 0.294 e. The average molecular weight is 267 g/mol. The maximum atomic E-state index is 11.2. The van der Waals surface area contributed by atoms with E-state index in [1.54, 1.807) is 19.1 Å². The Hall–Kier alpha value is -1.79. The molecule has 0 saturated carbocycles. The van der Waals surface area contributed by atoms with Crippen LogP contribution < -0.4 is 5.73 Å². The fourth-order valence-electron chi connectivity index (χ4n) is 1.95. The predicted molar refractivity (Wildman–Crippen MR) is 69.3 cm³/mol. The molecule has 2 aromatic rings. The molecule has 5 nitrogen and oxygen atoms in total. The highest BCUT2D eigenvalue weighted by Crippen LogP contribution is 2.37. The van der Waals surface area contributed by atoms with Crippen LogP contribution in [0.15, 0.2) is 23.1 Å². The third-order valence-electron chi connectivity index (χ3n) is 3.02. The Morgan fingerprint density at radius 3 is 2.39 bits per heavy atom. The van der Waals surface area contributed by atoms with Crippen molar-refractivity contribution in [3.05, 3.63) is 29.3 Å². The van der Waals surface area contributed by atoms with Crippen LogP contribution in [0.2, 0.25) is 0 Å². The van der Waals surface area contributed by atoms with E-state index in [4.69, 9.17) is 10.3 Å². The van der Waals surface area contributed by atoms with Crippen molar-refractivity contribution in [3.8, 4) is 5.75 Å². The number of phenols is 1. The van der Waals surface area contributed by atoms with Crippen molar-refractivity contribution >= 4 is 26.6 Å². The van der Waals surface area contributed by atoms with Gasteiger partial charge in [0.05, 0.1) is 0 Å². The second-order valence-corrected chi connectivity index (χ2v) is 5.61. The number of hydrogen-bond donors (Lipinski definition) is 3. The Morgan fingerprint density at radius 2 is 1.83 bits per heavy atom. The summed E-state index contributed by atoms with van der Waals surface area (Å²) in [7, 11) is -4.37. The average Bonchev–Trinajstić information content (AvgIpc) is 2.26. The summed E-state index contributed by atoms with van der Waals surface area (Å²) in [5, 5.41) is 10.9. The van der Waals surface area contributed by atoms with Crippen molar-refractivity contribution in [2.24, 2.45) is 0 Å². The molecule has 0 aliphatic rings. The topological polar surface area (TPSA) is 101 Å². The quantitative estimate of drug-likeness (QED) is 0.542. The highest BCUT2D eigenvalue weighted by Gasteiger charge is 2.19. The van der Waals surface area contributed by atoms with Gasteiger partial charge < -0.3 is 10.8 Å². The molecule has 0 amide bonds. The second-order valence-electron chi connectivity index (χ2n) is 4.22. The molecular weight excluding hydrogens is 254 g/mol. The molecule has 0 unspecified atom stereocenters. The lowest BCUT2D eigenvalue weighted by atomic mass is 10.0. The molecule has 96 valence electrons. The molecule has 0 saturated heterocycles. The fourth-order valence-corrected chi connectivity index (χ4v) is 2.71. The molecule has 4 N–H and O–H groups in total. The van der Waals surface area contributed by atoms with E-state index in [1.807, 2.05) is 0 Å². The van der Waals surface area contributed by atoms with E-state index >= 15 is 0 Å². The predicted octanol–water partition coefficient (Wildman–Crippen LogP) is 1.99. The van der Waals surface area contributed by atoms with Gasteiger partial charge in [-0.25, -0.2) is 0 Å². The van der Waals surface area contributed by atoms with E-state index in [9.17, 15) is 13.5 Å². The minimum atomic E-state index is -4.37. The zero-order chi connectivity index (χ0) is 13.7. The minimum Gasteiger partial charge on any atom is -0.507 e. The summed E-state index contributed by atoms with van der Waals surface area (Å²) in [6.07, 6.45) is 0. The molecule has 0 bridgehead atoms. The van der Waals surface area contributed by atoms with E-state index in [-0.39, 0.29) is 16.2 Å². The number of aromatic hydroxyl groups is 1. The summed E-state index contributed by atoms with van der Waals surface area (Å²) in [6, 6.07) is 4.67. The van der Waals surface area contributed by atoms with Gasteiger partial charge in [-0.2, -0.15) is 8.42 Å². The van der Waals surface area contributed by atoms with Crippen LogP contribution >= 0.6 is 0 Å². The molecule has 0 heterocycles. The number of anilines is 1. The zero-order valence-electron chi connectivity index (χ0n) is 9.93. The first-order valence-electron chi connectivity index (χ1n) is 5.22. The molecule has 0 fully saturated rings. The Balaban J connectivity index is 3.02. The van der Waals surface area contributed by atoms with Gasteiger partial charge in [0.1, 0.15) is 10.6 Å². The van der Waals surface area contributed by atoms with Gasteiger partial charge in [-0.3, -0.25) is 4.55 Å². The van der Waals surface area contributed by atoms with E-state index in [2.05, 4.69) is 0 Å². The number of nitrogens with two attached hydrogens (primary N) is 1. The molecule has 0 atom stereocenters. The number of nitrogen functional groups attached to an aromatic ring is 1. The summed E-state index contributed by atoms with van der Waals surface area (Å²) >= 11 is 0. The highest BCUT2D eigenvalue weighted by atomic mass is 32.2. The molecule has 0 aliphatic carbocycles. The number of hydrogen-bond acceptors (Lipinski definition) is 4. The Bertz CT molecular complexity index is 750. The third kappa shape index (κ3) is 1.79. The van der Waals surface area contributed by atoms with Crippen molar-refractivity contribution in [2.75, 3.05) is 5.73 Å². The van der Waals surface area contributed by atoms with Crippen molar-refractivity contribution in [1.29, 1.82) is 0 Å². The van der Waals surface area contributed by atoms with Gasteiger partial charge in [0.2, 0.25) is 0 Å². The standard InChI is InChI=1S/C12H13NO4S/c1-6-3-4-8-5-9(18(15,16)17)7(2)12(14)10(8)11(6)13/h3-5,14H,13H2,1-2H3,(H,15,16,17). The van der Waals surface area contributed by atoms with Crippen molar-refractivity contribution in [3.63, 3.8) is 0 Å². The van der Waals surface area contributed by atoms with Gasteiger partial charge in [-0.05, 0) is 30.9 Å². The van der Waals surface area contributed by atoms with Crippen LogP contribution in [0.3, 0.4) is 0 Å². The van der Waals surface area contributed by atoms with E-state index in [0.717, 1.165) is 5.56 Å². The molecular formula is C12H13NO4S. The van der Waals surface area contributed by atoms with Gasteiger partial charge >= 0.3 is 0 Å². The van der Waals surface area contributed by atoms with Crippen molar-refractivity contribution in [2.45, 2.75) is 18.7 Å². The summed E-state index contributed by atoms with van der Waals surface area (Å²) in [4.78, 5) is -0.309. The number of rotatable bonds is 1. The van der Waals surface area contributed by atoms with E-state index < -0.39 is 10.1 Å². The van der Waals surface area contributed by atoms with Crippen LogP contribution in [-0.4, -0.2) is 18.1 Å². The lowest BCUT2D eigenvalue weighted by Gasteiger charge is -2.12. The number of benzene rings is 2. The highest BCUT2D eigenvalue weighted by molar-refractivity contribution is 7.85. The lowest BCUT2D eigenvalue weighted by molar-refractivity contribution is 0.466. The number of fused-ring (bicyclic) bond motifs is 1. The Labute approximate surface area is 105 Å². The number of phenolic OH excluding ortho intramolecular Hbond substituents is 1. The molecule has 0 aliphatic heterocycles. The Morgan fingerprint density at radius 1 is 1.22 bits per heavy atom. The monoisotopic (exact) mass is 267 g/mol. The molecule has 18 heavy (non-hydrogen) atoms. The maximum absolute atomic E-state index is 11.2. The van der Waals surface area contributed by atoms with Crippen LogP contribution in [-0.2, 0) is 10.1 Å². The molecule has 6 heteroatoms. The first-order chi connectivity index (χ1) is 8.23. The minimum absolute atomic E-state index is 0.0855. The van der Waals surface area contributed by atoms with Gasteiger partial charge in [0.15, 0.2) is 0 Å². The molecule has 0 radical (unpaired) electrons. The first kappa shape index (κ1) is 12.7. The van der Waals surface area contributed by atoms with Gasteiger partial charge in [-0.1, -0.05) is 12.1 Å². The second kappa shape index (κ2) is 3.86. The maximum Gasteiger partial charge on any atom is 0.294 e. The van der Waals surface area contributed by atoms with Crippen molar-refractivity contribution in [1.82, 2.24) is 0 Å². The SMILES string of the molecule is Cc1ccc2cc(S(=O)(=O)O)c(C)c(O)c2c1N. The summed E-state index contributed by atoms with van der Waals surface area (Å²) in [5.74, 6) is -0.221. The molecule has 2 rings (SSSR count). The van der Waals surface area contributed by atoms with Crippen LogP contribution in [0.5, 0.6) is 5.75 Å². The van der Waals surface area contributed by atoms with Crippen LogP contribution in [0.1, 0.15) is 11.1 Å². The van der Waals surface area contributed by atoms with Crippen LogP contribution in [0.4, 0.5) is 5.69 Å². The van der Waals surface area contributed by atoms with E-state index in [1.165, 1.54) is 13.0 Å². The van der Waals surface area contributed by atoms with Crippen LogP contribution in [0, 0.1) is 13.8 Å². The summed E-state index contributed by atoms with van der Waals surface area (Å²) < 4.78 is 31.5. The van der Waals surface area contributed by atoms with Gasteiger partial charge in [0, 0.05) is 16.6 Å². The third-order valence-corrected chi connectivity index (χ3v) is 4.00. The molecule has 0 aromatic heterocycles. The van der Waals surface area contributed by atoms with E-state index in [0.29, 0.717) is 16.5 Å². The molecule has 0 spiro atoms. The largest absolute Gasteiger partial charge is 0.507 e. The molecule has 2 aromatic carbocycles. The van der Waals surface area contributed by atoms with Crippen molar-refractivity contribution < 1.29 is 18.1 Å². The fraction of sp³-hybridized carbons (Fsp3) is 0.167. The van der Waals surface area contributed by atoms with Gasteiger partial charge in [0.25, 0.3) is 10.1 Å². The number of aryl methyl sites for hydroxylation is 1. The first-order valence-corrected chi connectivity index (χ1v) is 6.66. The van der Waals surface area contributed by atoms with Gasteiger partial charge in [-0.15, -0.1) is 0 Å². The summed E-state index contributed by atoms with van der Waals surface area (Å²) in [5.41, 5.74) is 7.15.